The first-order valence-corrected chi connectivity index (χ1v) is 8.78. The molecule has 23 heavy (non-hydrogen) atoms. The summed E-state index contributed by atoms with van der Waals surface area (Å²) in [5.41, 5.74) is 2.35. The SMILES string of the molecule is Cc1csc(C2(NCc3cc(=O)n4[nH]ccc4n3)CCCC2)n1. The van der Waals surface area contributed by atoms with Crippen LogP contribution in [0.5, 0.6) is 0 Å². The Balaban J connectivity index is 1.61. The Morgan fingerprint density at radius 1 is 1.39 bits per heavy atom. The fourth-order valence-electron chi connectivity index (χ4n) is 3.35. The molecule has 0 radical (unpaired) electrons. The van der Waals surface area contributed by atoms with Crippen LogP contribution in [0, 0.1) is 6.92 Å². The Morgan fingerprint density at radius 3 is 2.96 bits per heavy atom. The maximum Gasteiger partial charge on any atom is 0.272 e. The Morgan fingerprint density at radius 2 is 2.22 bits per heavy atom. The number of aromatic amines is 1. The predicted octanol–water partition coefficient (Wildman–Crippen LogP) is 2.35. The van der Waals surface area contributed by atoms with E-state index in [0.29, 0.717) is 12.2 Å². The van der Waals surface area contributed by atoms with Crippen LogP contribution < -0.4 is 10.9 Å². The van der Waals surface area contributed by atoms with E-state index in [1.807, 2.05) is 6.92 Å². The van der Waals surface area contributed by atoms with E-state index in [9.17, 15) is 4.79 Å². The summed E-state index contributed by atoms with van der Waals surface area (Å²) in [6.45, 7) is 2.61. The standard InChI is InChI=1S/C16H19N5OS/c1-11-10-23-15(19-11)16(5-2-3-6-16)17-9-12-8-14(22)21-13(20-12)4-7-18-21/h4,7-8,10,17-18H,2-3,5-6,9H2,1H3. The molecule has 0 amide bonds. The average molecular weight is 329 g/mol. The molecule has 120 valence electrons. The van der Waals surface area contributed by atoms with Crippen molar-refractivity contribution in [1.82, 2.24) is 24.9 Å². The van der Waals surface area contributed by atoms with E-state index in [2.05, 4.69) is 20.8 Å². The van der Waals surface area contributed by atoms with E-state index >= 15 is 0 Å². The summed E-state index contributed by atoms with van der Waals surface area (Å²) >= 11 is 1.72. The van der Waals surface area contributed by atoms with Crippen LogP contribution in [0.1, 0.15) is 42.1 Å². The third kappa shape index (κ3) is 2.60. The minimum atomic E-state index is -0.0811. The zero-order valence-corrected chi connectivity index (χ0v) is 13.8. The van der Waals surface area contributed by atoms with E-state index in [4.69, 9.17) is 4.98 Å². The number of thiazole rings is 1. The molecule has 1 aliphatic carbocycles. The van der Waals surface area contributed by atoms with E-state index in [-0.39, 0.29) is 11.1 Å². The second-order valence-corrected chi connectivity index (χ2v) is 7.04. The normalized spacial score (nSPS) is 17.1. The number of aryl methyl sites for hydroxylation is 1. The maximum absolute atomic E-state index is 12.1. The van der Waals surface area contributed by atoms with Crippen molar-refractivity contribution in [2.45, 2.75) is 44.7 Å². The van der Waals surface area contributed by atoms with Crippen molar-refractivity contribution >= 4 is 17.0 Å². The summed E-state index contributed by atoms with van der Waals surface area (Å²) in [7, 11) is 0. The first-order valence-electron chi connectivity index (χ1n) is 7.90. The molecule has 1 saturated carbocycles. The van der Waals surface area contributed by atoms with Gasteiger partial charge in [0, 0.05) is 35.9 Å². The lowest BCUT2D eigenvalue weighted by atomic mass is 9.98. The zero-order valence-electron chi connectivity index (χ0n) is 13.0. The van der Waals surface area contributed by atoms with Crippen LogP contribution in [0.15, 0.2) is 28.5 Å². The van der Waals surface area contributed by atoms with Gasteiger partial charge in [0.15, 0.2) is 5.65 Å². The van der Waals surface area contributed by atoms with E-state index in [1.165, 1.54) is 17.4 Å². The number of nitrogens with zero attached hydrogens (tertiary/aromatic N) is 3. The quantitative estimate of drug-likeness (QED) is 0.770. The summed E-state index contributed by atoms with van der Waals surface area (Å²) in [4.78, 5) is 21.3. The molecule has 0 aromatic carbocycles. The smallest absolute Gasteiger partial charge is 0.272 e. The highest BCUT2D eigenvalue weighted by Crippen LogP contribution is 2.40. The molecule has 0 saturated heterocycles. The van der Waals surface area contributed by atoms with Gasteiger partial charge in [-0.05, 0) is 19.8 Å². The Hall–Kier alpha value is -1.99. The van der Waals surface area contributed by atoms with Gasteiger partial charge >= 0.3 is 0 Å². The van der Waals surface area contributed by atoms with E-state index < -0.39 is 0 Å². The van der Waals surface area contributed by atoms with Gasteiger partial charge in [0.05, 0.1) is 11.2 Å². The topological polar surface area (TPSA) is 75.1 Å². The van der Waals surface area contributed by atoms with Crippen LogP contribution >= 0.6 is 11.3 Å². The average Bonchev–Trinajstić information content (AvgIpc) is 3.25. The van der Waals surface area contributed by atoms with Crippen LogP contribution in [-0.2, 0) is 12.1 Å². The molecule has 1 fully saturated rings. The number of hydrogen-bond donors (Lipinski definition) is 2. The Kier molecular flexibility index (Phi) is 3.54. The van der Waals surface area contributed by atoms with Gasteiger partial charge in [-0.2, -0.15) is 0 Å². The summed E-state index contributed by atoms with van der Waals surface area (Å²) in [5, 5.41) is 9.78. The van der Waals surface area contributed by atoms with Gasteiger partial charge in [-0.3, -0.25) is 15.2 Å². The molecule has 4 rings (SSSR count). The number of hydrogen-bond acceptors (Lipinski definition) is 5. The summed E-state index contributed by atoms with van der Waals surface area (Å²) in [6.07, 6.45) is 6.31. The fourth-order valence-corrected chi connectivity index (χ4v) is 4.38. The summed E-state index contributed by atoms with van der Waals surface area (Å²) in [5.74, 6) is 0. The second-order valence-electron chi connectivity index (χ2n) is 6.18. The fraction of sp³-hybridized carbons (Fsp3) is 0.438. The number of rotatable bonds is 4. The molecule has 2 N–H and O–H groups in total. The largest absolute Gasteiger partial charge is 0.300 e. The minimum Gasteiger partial charge on any atom is -0.300 e. The first-order chi connectivity index (χ1) is 11.2. The molecule has 0 unspecified atom stereocenters. The van der Waals surface area contributed by atoms with Gasteiger partial charge in [0.25, 0.3) is 5.56 Å². The van der Waals surface area contributed by atoms with Gasteiger partial charge in [-0.1, -0.05) is 12.8 Å². The van der Waals surface area contributed by atoms with Crippen LogP contribution in [0.2, 0.25) is 0 Å². The summed E-state index contributed by atoms with van der Waals surface area (Å²) < 4.78 is 1.44. The lowest BCUT2D eigenvalue weighted by Crippen LogP contribution is -2.39. The third-order valence-electron chi connectivity index (χ3n) is 4.53. The third-order valence-corrected chi connectivity index (χ3v) is 5.69. The molecule has 7 heteroatoms. The summed E-state index contributed by atoms with van der Waals surface area (Å²) in [6, 6.07) is 3.40. The molecule has 3 heterocycles. The molecule has 3 aromatic heterocycles. The van der Waals surface area contributed by atoms with Gasteiger partial charge in [-0.25, -0.2) is 14.5 Å². The maximum atomic E-state index is 12.1. The van der Waals surface area contributed by atoms with Crippen LogP contribution in [0.25, 0.3) is 5.65 Å². The molecule has 0 spiro atoms. The van der Waals surface area contributed by atoms with Gasteiger partial charge in [0.2, 0.25) is 0 Å². The van der Waals surface area contributed by atoms with Crippen molar-refractivity contribution in [2.75, 3.05) is 0 Å². The highest BCUT2D eigenvalue weighted by atomic mass is 32.1. The monoisotopic (exact) mass is 329 g/mol. The molecule has 0 bridgehead atoms. The van der Waals surface area contributed by atoms with Crippen molar-refractivity contribution < 1.29 is 0 Å². The van der Waals surface area contributed by atoms with Crippen molar-refractivity contribution in [3.05, 3.63) is 50.5 Å². The molecule has 6 nitrogen and oxygen atoms in total. The van der Waals surface area contributed by atoms with Crippen molar-refractivity contribution in [3.63, 3.8) is 0 Å². The van der Waals surface area contributed by atoms with E-state index in [0.717, 1.165) is 29.2 Å². The molecular weight excluding hydrogens is 310 g/mol. The Bertz CT molecular complexity index is 887. The highest BCUT2D eigenvalue weighted by Gasteiger charge is 2.37. The zero-order chi connectivity index (χ0) is 15.9. The second kappa shape index (κ2) is 5.58. The van der Waals surface area contributed by atoms with Gasteiger partial charge in [-0.15, -0.1) is 11.3 Å². The van der Waals surface area contributed by atoms with E-state index in [1.54, 1.807) is 29.7 Å². The number of H-pyrrole nitrogens is 1. The Labute approximate surface area is 137 Å². The number of aromatic nitrogens is 4. The van der Waals surface area contributed by atoms with Crippen LogP contribution in [-0.4, -0.2) is 19.6 Å². The van der Waals surface area contributed by atoms with Gasteiger partial charge in [0.1, 0.15) is 5.01 Å². The molecule has 3 aromatic rings. The van der Waals surface area contributed by atoms with Crippen molar-refractivity contribution in [3.8, 4) is 0 Å². The van der Waals surface area contributed by atoms with Crippen LogP contribution in [0.3, 0.4) is 0 Å². The van der Waals surface area contributed by atoms with Crippen LogP contribution in [0.4, 0.5) is 0 Å². The lowest BCUT2D eigenvalue weighted by Gasteiger charge is -2.28. The van der Waals surface area contributed by atoms with Crippen molar-refractivity contribution in [1.29, 1.82) is 0 Å². The first kappa shape index (κ1) is 14.6. The lowest BCUT2D eigenvalue weighted by molar-refractivity contribution is 0.335. The number of fused-ring (bicyclic) bond motifs is 1. The molecule has 0 aliphatic heterocycles. The molecule has 0 atom stereocenters. The predicted molar refractivity (Wildman–Crippen MR) is 89.6 cm³/mol. The van der Waals surface area contributed by atoms with Crippen molar-refractivity contribution in [2.24, 2.45) is 0 Å². The van der Waals surface area contributed by atoms with Gasteiger partial charge < -0.3 is 0 Å². The molecule has 1 aliphatic rings. The minimum absolute atomic E-state index is 0.0656. The highest BCUT2D eigenvalue weighted by molar-refractivity contribution is 7.09. The molecular formula is C16H19N5OS. The number of nitrogens with one attached hydrogen (secondary N) is 2.